The first-order valence-electron chi connectivity index (χ1n) is 14.7. The Morgan fingerprint density at radius 1 is 0.579 bits per heavy atom. The zero-order valence-electron chi connectivity index (χ0n) is 22.6. The van der Waals surface area contributed by atoms with Crippen LogP contribution in [-0.4, -0.2) is 0 Å². The lowest BCUT2D eigenvalue weighted by Crippen LogP contribution is -2.48. The molecule has 5 aliphatic rings. The standard InChI is InChI=1S/C37H37N/c1-36(2)31-10-5-3-9-30(31)35-32(36)11-7-13-34(35)38-33-12-6-4-8-29(33)27-14-16-28(17-15-27)37-21-24-18-25(22-37)20-26(19-24)23-37/h3-17,24-26,38H,18-23H2,1-2H3. The van der Waals surface area contributed by atoms with Crippen molar-refractivity contribution in [3.8, 4) is 22.3 Å². The van der Waals surface area contributed by atoms with E-state index < -0.39 is 0 Å². The zero-order chi connectivity index (χ0) is 25.5. The molecule has 4 aromatic carbocycles. The second-order valence-corrected chi connectivity index (χ2v) is 13.3. The van der Waals surface area contributed by atoms with Gasteiger partial charge in [-0.15, -0.1) is 0 Å². The first-order chi connectivity index (χ1) is 18.5. The van der Waals surface area contributed by atoms with E-state index in [0.717, 1.165) is 17.8 Å². The molecule has 0 aliphatic heterocycles. The summed E-state index contributed by atoms with van der Waals surface area (Å²) in [6.45, 7) is 4.70. The minimum atomic E-state index is 0.0101. The van der Waals surface area contributed by atoms with Crippen molar-refractivity contribution >= 4 is 11.4 Å². The molecule has 1 heteroatoms. The molecule has 190 valence electrons. The predicted molar refractivity (Wildman–Crippen MR) is 159 cm³/mol. The van der Waals surface area contributed by atoms with E-state index in [1.54, 1.807) is 5.56 Å². The van der Waals surface area contributed by atoms with E-state index in [1.165, 1.54) is 83.3 Å². The van der Waals surface area contributed by atoms with Crippen LogP contribution < -0.4 is 5.32 Å². The lowest BCUT2D eigenvalue weighted by molar-refractivity contribution is -0.00518. The van der Waals surface area contributed by atoms with Gasteiger partial charge in [0.2, 0.25) is 0 Å². The van der Waals surface area contributed by atoms with Gasteiger partial charge >= 0.3 is 0 Å². The maximum Gasteiger partial charge on any atom is 0.0467 e. The Morgan fingerprint density at radius 3 is 1.87 bits per heavy atom. The van der Waals surface area contributed by atoms with Gasteiger partial charge in [-0.25, -0.2) is 0 Å². The maximum atomic E-state index is 3.87. The second-order valence-electron chi connectivity index (χ2n) is 13.3. The van der Waals surface area contributed by atoms with E-state index >= 15 is 0 Å². The zero-order valence-corrected chi connectivity index (χ0v) is 22.6. The van der Waals surface area contributed by atoms with Crippen molar-refractivity contribution in [2.24, 2.45) is 17.8 Å². The van der Waals surface area contributed by atoms with Crippen LogP contribution in [0.2, 0.25) is 0 Å². The molecule has 1 N–H and O–H groups in total. The van der Waals surface area contributed by atoms with E-state index in [0.29, 0.717) is 5.41 Å². The van der Waals surface area contributed by atoms with Crippen molar-refractivity contribution in [2.45, 2.75) is 63.2 Å². The Morgan fingerprint density at radius 2 is 1.16 bits per heavy atom. The summed E-state index contributed by atoms with van der Waals surface area (Å²) in [5.74, 6) is 2.94. The molecule has 0 atom stereocenters. The fraction of sp³-hybridized carbons (Fsp3) is 0.351. The Kier molecular flexibility index (Phi) is 4.82. The Bertz CT molecular complexity index is 1500. The summed E-state index contributed by atoms with van der Waals surface area (Å²) < 4.78 is 0. The summed E-state index contributed by atoms with van der Waals surface area (Å²) in [6, 6.07) is 34.2. The highest BCUT2D eigenvalue weighted by molar-refractivity contribution is 5.93. The van der Waals surface area contributed by atoms with E-state index in [2.05, 4.69) is 110 Å². The highest BCUT2D eigenvalue weighted by Crippen LogP contribution is 2.61. The normalized spacial score (nSPS) is 27.7. The summed E-state index contributed by atoms with van der Waals surface area (Å²) >= 11 is 0. The van der Waals surface area contributed by atoms with Gasteiger partial charge in [-0.3, -0.25) is 0 Å². The third-order valence-corrected chi connectivity index (χ3v) is 10.7. The van der Waals surface area contributed by atoms with E-state index in [9.17, 15) is 0 Å². The maximum absolute atomic E-state index is 3.87. The number of anilines is 2. The van der Waals surface area contributed by atoms with Crippen molar-refractivity contribution in [3.63, 3.8) is 0 Å². The van der Waals surface area contributed by atoms with Crippen LogP contribution in [-0.2, 0) is 10.8 Å². The molecule has 0 spiro atoms. The molecule has 0 radical (unpaired) electrons. The number of nitrogens with one attached hydrogen (secondary N) is 1. The molecule has 0 unspecified atom stereocenters. The predicted octanol–water partition coefficient (Wildman–Crippen LogP) is 9.87. The van der Waals surface area contributed by atoms with Crippen LogP contribution in [0.1, 0.15) is 69.1 Å². The van der Waals surface area contributed by atoms with Gasteiger partial charge in [0, 0.05) is 27.9 Å². The second kappa shape index (κ2) is 8.09. The van der Waals surface area contributed by atoms with Crippen LogP contribution in [0, 0.1) is 17.8 Å². The van der Waals surface area contributed by atoms with Gasteiger partial charge in [0.25, 0.3) is 0 Å². The van der Waals surface area contributed by atoms with Gasteiger partial charge in [0.15, 0.2) is 0 Å². The summed E-state index contributed by atoms with van der Waals surface area (Å²) in [4.78, 5) is 0. The molecule has 0 heterocycles. The van der Waals surface area contributed by atoms with Crippen molar-refractivity contribution in [1.29, 1.82) is 0 Å². The molecular weight excluding hydrogens is 458 g/mol. The smallest absolute Gasteiger partial charge is 0.0467 e. The number of benzene rings is 4. The average Bonchev–Trinajstić information content (AvgIpc) is 3.16. The minimum absolute atomic E-state index is 0.0101. The summed E-state index contributed by atoms with van der Waals surface area (Å²) in [7, 11) is 0. The lowest BCUT2D eigenvalue weighted by atomic mass is 9.48. The molecule has 38 heavy (non-hydrogen) atoms. The molecule has 4 fully saturated rings. The molecule has 0 amide bonds. The van der Waals surface area contributed by atoms with Crippen molar-refractivity contribution in [3.05, 3.63) is 108 Å². The van der Waals surface area contributed by atoms with E-state index in [-0.39, 0.29) is 5.41 Å². The third kappa shape index (κ3) is 3.30. The minimum Gasteiger partial charge on any atom is -0.355 e. The summed E-state index contributed by atoms with van der Waals surface area (Å²) in [5, 5.41) is 3.87. The Hall–Kier alpha value is -3.32. The number of para-hydroxylation sites is 1. The van der Waals surface area contributed by atoms with Crippen molar-refractivity contribution in [1.82, 2.24) is 0 Å². The summed E-state index contributed by atoms with van der Waals surface area (Å²) in [5.41, 5.74) is 12.5. The number of fused-ring (bicyclic) bond motifs is 3. The fourth-order valence-electron chi connectivity index (χ4n) is 9.32. The monoisotopic (exact) mass is 495 g/mol. The van der Waals surface area contributed by atoms with Crippen LogP contribution in [0.15, 0.2) is 91.0 Å². The molecule has 4 saturated carbocycles. The van der Waals surface area contributed by atoms with Crippen LogP contribution in [0.4, 0.5) is 11.4 Å². The van der Waals surface area contributed by atoms with Crippen LogP contribution in [0.5, 0.6) is 0 Å². The van der Waals surface area contributed by atoms with Gasteiger partial charge in [-0.1, -0.05) is 92.7 Å². The first kappa shape index (κ1) is 22.6. The largest absolute Gasteiger partial charge is 0.355 e. The summed E-state index contributed by atoms with van der Waals surface area (Å²) in [6.07, 6.45) is 8.78. The van der Waals surface area contributed by atoms with Gasteiger partial charge in [0.05, 0.1) is 0 Å². The van der Waals surface area contributed by atoms with E-state index in [1.807, 2.05) is 0 Å². The molecule has 0 aromatic heterocycles. The number of hydrogen-bond donors (Lipinski definition) is 1. The fourth-order valence-corrected chi connectivity index (χ4v) is 9.32. The van der Waals surface area contributed by atoms with Crippen molar-refractivity contribution < 1.29 is 0 Å². The lowest BCUT2D eigenvalue weighted by Gasteiger charge is -2.57. The SMILES string of the molecule is CC1(C)c2ccccc2-c2c(Nc3ccccc3-c3ccc(C45CC6CC(CC(C6)C4)C5)cc3)cccc21. The Balaban J connectivity index is 1.14. The number of rotatable bonds is 4. The van der Waals surface area contributed by atoms with E-state index in [4.69, 9.17) is 0 Å². The highest BCUT2D eigenvalue weighted by Gasteiger charge is 2.51. The Labute approximate surface area is 227 Å². The van der Waals surface area contributed by atoms with Gasteiger partial charge < -0.3 is 5.32 Å². The molecule has 0 saturated heterocycles. The molecule has 5 aliphatic carbocycles. The third-order valence-electron chi connectivity index (χ3n) is 10.7. The first-order valence-corrected chi connectivity index (χ1v) is 14.7. The van der Waals surface area contributed by atoms with Gasteiger partial charge in [0.1, 0.15) is 0 Å². The quantitative estimate of drug-likeness (QED) is 0.297. The van der Waals surface area contributed by atoms with Crippen LogP contribution >= 0.6 is 0 Å². The van der Waals surface area contributed by atoms with Crippen molar-refractivity contribution in [2.75, 3.05) is 5.32 Å². The van der Waals surface area contributed by atoms with Crippen LogP contribution in [0.3, 0.4) is 0 Å². The average molecular weight is 496 g/mol. The number of hydrogen-bond acceptors (Lipinski definition) is 1. The molecule has 1 nitrogen and oxygen atoms in total. The van der Waals surface area contributed by atoms with Gasteiger partial charge in [-0.2, -0.15) is 0 Å². The van der Waals surface area contributed by atoms with Crippen LogP contribution in [0.25, 0.3) is 22.3 Å². The molecule has 4 aromatic rings. The van der Waals surface area contributed by atoms with Gasteiger partial charge in [-0.05, 0) is 102 Å². The highest BCUT2D eigenvalue weighted by atomic mass is 14.9. The molecular formula is C37H37N. The molecule has 9 rings (SSSR count). The topological polar surface area (TPSA) is 12.0 Å². The molecule has 4 bridgehead atoms.